The smallest absolute Gasteiger partial charge is 0.289 e. The number of thiocyanates is 2. The van der Waals surface area contributed by atoms with E-state index in [1.54, 1.807) is 9.80 Å². The molecule has 4 aromatic carbocycles. The molecule has 0 radical (unpaired) electrons. The minimum atomic E-state index is -0.108. The fraction of sp³-hybridized carbons (Fsp3) is 0.0741. The van der Waals surface area contributed by atoms with Crippen molar-refractivity contribution in [2.45, 2.75) is 22.9 Å². The fourth-order valence-corrected chi connectivity index (χ4v) is 5.47. The predicted octanol–water partition coefficient (Wildman–Crippen LogP) is 7.13. The zero-order chi connectivity index (χ0) is 23.5. The fourth-order valence-electron chi connectivity index (χ4n) is 4.31. The first-order valence-corrected chi connectivity index (χ1v) is 12.2. The number of carbonyl (C=O) groups is 1. The lowest BCUT2D eigenvalue weighted by atomic mass is 10.0. The van der Waals surface area contributed by atoms with Gasteiger partial charge in [0, 0.05) is 20.6 Å². The number of nitriles is 2. The molecule has 0 aliphatic carbocycles. The lowest BCUT2D eigenvalue weighted by Gasteiger charge is -2.38. The zero-order valence-corrected chi connectivity index (χ0v) is 19.6. The monoisotopic (exact) mass is 478 g/mol. The highest BCUT2D eigenvalue weighted by Gasteiger charge is 2.34. The highest BCUT2D eigenvalue weighted by atomic mass is 32.2. The maximum atomic E-state index is 13.9. The van der Waals surface area contributed by atoms with E-state index in [9.17, 15) is 15.3 Å². The van der Waals surface area contributed by atoms with Gasteiger partial charge in [0.05, 0.1) is 24.5 Å². The van der Waals surface area contributed by atoms with Crippen molar-refractivity contribution in [2.75, 3.05) is 9.80 Å². The topological polar surface area (TPSA) is 71.1 Å². The molecule has 0 atom stereocenters. The van der Waals surface area contributed by atoms with Gasteiger partial charge in [0.2, 0.25) is 0 Å². The SMILES string of the molecule is N#CSc1ccc2c3c(ccc(SC#N)c13)N(Cc1ccccc1)C(=O)N2Cc1ccccc1. The standard InChI is InChI=1S/C27H18N4OS2/c28-17-33-23-13-11-21-25-22(12-14-24(26(23)25)34-18-29)31(16-20-9-5-2-6-10-20)27(32)30(21)15-19-7-3-1-4-8-19/h1-14H,15-16H2. The van der Waals surface area contributed by atoms with Crippen molar-refractivity contribution in [2.24, 2.45) is 0 Å². The Kier molecular flexibility index (Phi) is 6.14. The second-order valence-corrected chi connectivity index (χ2v) is 9.38. The second kappa shape index (κ2) is 9.52. The Labute approximate surface area is 206 Å². The molecule has 5 nitrogen and oxygen atoms in total. The molecule has 0 aromatic heterocycles. The van der Waals surface area contributed by atoms with E-state index < -0.39 is 0 Å². The van der Waals surface area contributed by atoms with Crippen molar-refractivity contribution >= 4 is 51.7 Å². The van der Waals surface area contributed by atoms with Crippen LogP contribution in [-0.4, -0.2) is 6.03 Å². The number of nitrogens with zero attached hydrogens (tertiary/aromatic N) is 4. The van der Waals surface area contributed by atoms with Gasteiger partial charge in [-0.05, 0) is 58.9 Å². The van der Waals surface area contributed by atoms with E-state index in [4.69, 9.17) is 0 Å². The Balaban J connectivity index is 1.75. The molecule has 0 fully saturated rings. The van der Waals surface area contributed by atoms with Crippen molar-refractivity contribution in [1.29, 1.82) is 10.5 Å². The third-order valence-electron chi connectivity index (χ3n) is 5.76. The lowest BCUT2D eigenvalue weighted by molar-refractivity contribution is 0.250. The van der Waals surface area contributed by atoms with E-state index in [-0.39, 0.29) is 6.03 Å². The van der Waals surface area contributed by atoms with Gasteiger partial charge in [-0.3, -0.25) is 9.80 Å². The summed E-state index contributed by atoms with van der Waals surface area (Å²) in [7, 11) is 0. The van der Waals surface area contributed by atoms with Gasteiger partial charge in [-0.1, -0.05) is 60.7 Å². The molecule has 2 amide bonds. The van der Waals surface area contributed by atoms with Crippen LogP contribution in [0.4, 0.5) is 16.2 Å². The molecule has 0 N–H and O–H groups in total. The van der Waals surface area contributed by atoms with Crippen molar-refractivity contribution in [3.05, 3.63) is 96.1 Å². The van der Waals surface area contributed by atoms with Crippen LogP contribution in [-0.2, 0) is 13.1 Å². The molecule has 0 spiro atoms. The number of amides is 2. The third-order valence-corrected chi connectivity index (χ3v) is 7.06. The molecule has 0 saturated heterocycles. The van der Waals surface area contributed by atoms with Crippen LogP contribution in [0.2, 0.25) is 0 Å². The summed E-state index contributed by atoms with van der Waals surface area (Å²) >= 11 is 2.14. The molecule has 4 aromatic rings. The highest BCUT2D eigenvalue weighted by Crippen LogP contribution is 2.47. The van der Waals surface area contributed by atoms with E-state index in [0.717, 1.165) is 66.6 Å². The van der Waals surface area contributed by atoms with Gasteiger partial charge < -0.3 is 0 Å². The van der Waals surface area contributed by atoms with Gasteiger partial charge in [-0.2, -0.15) is 10.5 Å². The van der Waals surface area contributed by atoms with Gasteiger partial charge in [0.1, 0.15) is 10.8 Å². The van der Waals surface area contributed by atoms with E-state index in [0.29, 0.717) is 13.1 Å². The van der Waals surface area contributed by atoms with Crippen molar-refractivity contribution in [1.82, 2.24) is 0 Å². The highest BCUT2D eigenvalue weighted by molar-refractivity contribution is 8.04. The second-order valence-electron chi connectivity index (χ2n) is 7.73. The molecule has 1 aliphatic heterocycles. The van der Waals surface area contributed by atoms with Crippen LogP contribution < -0.4 is 9.80 Å². The molecule has 7 heteroatoms. The normalized spacial score (nSPS) is 12.5. The first-order valence-electron chi connectivity index (χ1n) is 10.6. The maximum absolute atomic E-state index is 13.9. The number of anilines is 2. The van der Waals surface area contributed by atoms with Gasteiger partial charge in [0.25, 0.3) is 0 Å². The molecular weight excluding hydrogens is 460 g/mol. The van der Waals surface area contributed by atoms with Gasteiger partial charge in [0.15, 0.2) is 0 Å². The zero-order valence-electron chi connectivity index (χ0n) is 18.0. The molecule has 34 heavy (non-hydrogen) atoms. The summed E-state index contributed by atoms with van der Waals surface area (Å²) in [6, 6.07) is 27.2. The Morgan fingerprint density at radius 3 is 1.47 bits per heavy atom. The van der Waals surface area contributed by atoms with Crippen LogP contribution in [0.3, 0.4) is 0 Å². The van der Waals surface area contributed by atoms with E-state index in [2.05, 4.69) is 10.8 Å². The Morgan fingerprint density at radius 1 is 0.618 bits per heavy atom. The molecule has 5 rings (SSSR count). The Morgan fingerprint density at radius 2 is 1.06 bits per heavy atom. The van der Waals surface area contributed by atoms with Crippen LogP contribution in [0.25, 0.3) is 10.8 Å². The molecule has 0 bridgehead atoms. The van der Waals surface area contributed by atoms with Crippen LogP contribution in [0.15, 0.2) is 94.7 Å². The summed E-state index contributed by atoms with van der Waals surface area (Å²) in [5.74, 6) is 0. The number of hydrogen-bond donors (Lipinski definition) is 0. The van der Waals surface area contributed by atoms with E-state index in [1.807, 2.05) is 84.9 Å². The largest absolute Gasteiger partial charge is 0.329 e. The number of thioether (sulfide) groups is 2. The molecular formula is C27H18N4OS2. The predicted molar refractivity (Wildman–Crippen MR) is 138 cm³/mol. The lowest BCUT2D eigenvalue weighted by Crippen LogP contribution is -2.45. The van der Waals surface area contributed by atoms with Gasteiger partial charge in [-0.15, -0.1) is 0 Å². The van der Waals surface area contributed by atoms with Gasteiger partial charge >= 0.3 is 6.03 Å². The minimum absolute atomic E-state index is 0.108. The first kappa shape index (κ1) is 21.9. The maximum Gasteiger partial charge on any atom is 0.329 e. The van der Waals surface area contributed by atoms with Crippen LogP contribution in [0, 0.1) is 21.3 Å². The van der Waals surface area contributed by atoms with E-state index in [1.165, 1.54) is 0 Å². The number of urea groups is 1. The Hall–Kier alpha value is -3.91. The number of rotatable bonds is 6. The van der Waals surface area contributed by atoms with Crippen LogP contribution in [0.1, 0.15) is 11.1 Å². The summed E-state index contributed by atoms with van der Waals surface area (Å²) in [5.41, 5.74) is 3.60. The van der Waals surface area contributed by atoms with Crippen molar-refractivity contribution in [3.63, 3.8) is 0 Å². The average Bonchev–Trinajstić information content (AvgIpc) is 2.87. The molecule has 1 aliphatic rings. The quantitative estimate of drug-likeness (QED) is 0.218. The number of carbonyl (C=O) groups excluding carboxylic acids is 1. The van der Waals surface area contributed by atoms with Gasteiger partial charge in [-0.25, -0.2) is 4.79 Å². The third kappa shape index (κ3) is 3.97. The Bertz CT molecular complexity index is 1350. The minimum Gasteiger partial charge on any atom is -0.289 e. The summed E-state index contributed by atoms with van der Waals surface area (Å²) in [4.78, 5) is 19.0. The average molecular weight is 479 g/mol. The van der Waals surface area contributed by atoms with E-state index >= 15 is 0 Å². The number of benzene rings is 4. The molecule has 164 valence electrons. The summed E-state index contributed by atoms with van der Waals surface area (Å²) in [5, 5.41) is 24.9. The van der Waals surface area contributed by atoms with Crippen molar-refractivity contribution in [3.8, 4) is 10.8 Å². The van der Waals surface area contributed by atoms with Crippen LogP contribution >= 0.6 is 23.5 Å². The first-order chi connectivity index (χ1) is 16.7. The summed E-state index contributed by atoms with van der Waals surface area (Å²) in [6.07, 6.45) is 0. The van der Waals surface area contributed by atoms with Crippen LogP contribution in [0.5, 0.6) is 0 Å². The van der Waals surface area contributed by atoms with Crippen molar-refractivity contribution < 1.29 is 4.79 Å². The summed E-state index contributed by atoms with van der Waals surface area (Å²) < 4.78 is 0. The summed E-state index contributed by atoms with van der Waals surface area (Å²) in [6.45, 7) is 0.833. The number of hydrogen-bond acceptors (Lipinski definition) is 5. The molecule has 1 heterocycles. The molecule has 0 unspecified atom stereocenters. The molecule has 0 saturated carbocycles.